The quantitative estimate of drug-likeness (QED) is 0.209. The summed E-state index contributed by atoms with van der Waals surface area (Å²) in [5.74, 6) is -0.224. The lowest BCUT2D eigenvalue weighted by Crippen LogP contribution is -2.32. The molecule has 224 valence electrons. The number of nitrogens with zero attached hydrogens (tertiary/aromatic N) is 4. The first-order chi connectivity index (χ1) is 20.9. The van der Waals surface area contributed by atoms with E-state index in [1.807, 2.05) is 53.4 Å². The summed E-state index contributed by atoms with van der Waals surface area (Å²) in [4.78, 5) is 36.8. The number of nitrogens with two attached hydrogens (primary N) is 1. The van der Waals surface area contributed by atoms with Gasteiger partial charge >= 0.3 is 0 Å². The molecule has 43 heavy (non-hydrogen) atoms. The fraction of sp³-hybridized carbons (Fsp3) is 0.286. The van der Waals surface area contributed by atoms with Crippen molar-refractivity contribution < 1.29 is 9.59 Å². The Morgan fingerprint density at radius 2 is 1.56 bits per heavy atom. The second kappa shape index (κ2) is 15.6. The second-order valence-corrected chi connectivity index (χ2v) is 10.9. The highest BCUT2D eigenvalue weighted by Crippen LogP contribution is 2.32. The van der Waals surface area contributed by atoms with Crippen molar-refractivity contribution >= 4 is 23.2 Å². The molecule has 4 rings (SSSR count). The minimum Gasteiger partial charge on any atom is -0.373 e. The predicted octanol–water partition coefficient (Wildman–Crippen LogP) is 5.38. The fourth-order valence-corrected chi connectivity index (χ4v) is 4.95. The Hall–Kier alpha value is -4.53. The van der Waals surface area contributed by atoms with Gasteiger partial charge in [-0.05, 0) is 99.2 Å². The van der Waals surface area contributed by atoms with E-state index in [0.717, 1.165) is 47.6 Å². The average Bonchev–Trinajstić information content (AvgIpc) is 3.03. The van der Waals surface area contributed by atoms with Gasteiger partial charge in [-0.1, -0.05) is 42.5 Å². The molecule has 8 heteroatoms. The maximum atomic E-state index is 13.3. The molecule has 0 saturated carbocycles. The summed E-state index contributed by atoms with van der Waals surface area (Å²) in [6.07, 6.45) is 4.96. The van der Waals surface area contributed by atoms with Crippen LogP contribution in [0.3, 0.4) is 0 Å². The lowest BCUT2D eigenvalue weighted by atomic mass is 10.0. The van der Waals surface area contributed by atoms with Crippen LogP contribution in [0.1, 0.15) is 39.1 Å². The van der Waals surface area contributed by atoms with Crippen LogP contribution in [-0.4, -0.2) is 73.9 Å². The van der Waals surface area contributed by atoms with Gasteiger partial charge in [-0.25, -0.2) is 0 Å². The molecule has 1 heterocycles. The molecule has 0 aliphatic heterocycles. The molecule has 4 aromatic rings. The zero-order chi connectivity index (χ0) is 30.6. The fourth-order valence-electron chi connectivity index (χ4n) is 4.95. The Kier molecular flexibility index (Phi) is 11.4. The van der Waals surface area contributed by atoms with Crippen molar-refractivity contribution in [2.45, 2.75) is 19.4 Å². The largest absolute Gasteiger partial charge is 0.373 e. The normalized spacial score (nSPS) is 10.9. The molecule has 0 radical (unpaired) electrons. The molecule has 3 N–H and O–H groups in total. The average molecular weight is 579 g/mol. The van der Waals surface area contributed by atoms with Crippen LogP contribution < -0.4 is 16.0 Å². The molecule has 1 aromatic heterocycles. The number of carbonyl (C=O) groups excluding carboxylic acids is 2. The first kappa shape index (κ1) is 31.4. The van der Waals surface area contributed by atoms with Crippen molar-refractivity contribution in [3.05, 3.63) is 114 Å². The van der Waals surface area contributed by atoms with E-state index < -0.39 is 0 Å². The molecule has 0 spiro atoms. The van der Waals surface area contributed by atoms with Gasteiger partial charge in [-0.3, -0.25) is 14.6 Å². The first-order valence-electron chi connectivity index (χ1n) is 14.7. The van der Waals surface area contributed by atoms with Crippen molar-refractivity contribution in [1.29, 1.82) is 0 Å². The number of anilines is 2. The Balaban J connectivity index is 1.61. The summed E-state index contributed by atoms with van der Waals surface area (Å²) >= 11 is 0. The Morgan fingerprint density at radius 1 is 0.791 bits per heavy atom. The van der Waals surface area contributed by atoms with Crippen molar-refractivity contribution in [2.75, 3.05) is 57.5 Å². The molecule has 0 unspecified atom stereocenters. The summed E-state index contributed by atoms with van der Waals surface area (Å²) in [6.45, 7) is 3.34. The van der Waals surface area contributed by atoms with Gasteiger partial charge in [0.2, 0.25) is 0 Å². The van der Waals surface area contributed by atoms with Crippen molar-refractivity contribution in [1.82, 2.24) is 14.8 Å². The zero-order valence-corrected chi connectivity index (χ0v) is 25.4. The van der Waals surface area contributed by atoms with Crippen LogP contribution in [-0.2, 0) is 6.54 Å². The highest BCUT2D eigenvalue weighted by Gasteiger charge is 2.17. The summed E-state index contributed by atoms with van der Waals surface area (Å²) in [7, 11) is 6.19. The standard InChI is InChI=1S/C35H42N6O2/c1-39(2)20-10-21-40(3)33-17-16-30(24-32(33)38-34(42)28-12-5-4-6-13-28)29-14-7-11-27(23-29)26-41(22-9-18-36)35(43)31-15-8-19-37-25-31/h4-8,11-17,19,23-25H,9-10,18,20-22,26,36H2,1-3H3,(H,38,42). The summed E-state index contributed by atoms with van der Waals surface area (Å²) in [5, 5.41) is 3.16. The summed E-state index contributed by atoms with van der Waals surface area (Å²) in [6, 6.07) is 27.2. The monoisotopic (exact) mass is 578 g/mol. The van der Waals surface area contributed by atoms with Crippen LogP contribution in [0, 0.1) is 0 Å². The van der Waals surface area contributed by atoms with Crippen LogP contribution in [0.5, 0.6) is 0 Å². The van der Waals surface area contributed by atoms with E-state index in [1.54, 1.807) is 24.5 Å². The van der Waals surface area contributed by atoms with Gasteiger partial charge in [-0.15, -0.1) is 0 Å². The molecule has 0 saturated heterocycles. The molecule has 8 nitrogen and oxygen atoms in total. The molecule has 0 aliphatic rings. The van der Waals surface area contributed by atoms with Gasteiger partial charge in [0, 0.05) is 44.6 Å². The van der Waals surface area contributed by atoms with E-state index in [1.165, 1.54) is 0 Å². The van der Waals surface area contributed by atoms with Crippen molar-refractivity contribution in [3.8, 4) is 11.1 Å². The number of benzene rings is 3. The minimum absolute atomic E-state index is 0.0699. The van der Waals surface area contributed by atoms with Crippen molar-refractivity contribution in [2.24, 2.45) is 5.73 Å². The second-order valence-electron chi connectivity index (χ2n) is 10.9. The van der Waals surface area contributed by atoms with Crippen LogP contribution in [0.25, 0.3) is 11.1 Å². The summed E-state index contributed by atoms with van der Waals surface area (Å²) in [5.41, 5.74) is 11.6. The van der Waals surface area contributed by atoms with Crippen LogP contribution in [0.15, 0.2) is 97.3 Å². The molecule has 3 aromatic carbocycles. The van der Waals surface area contributed by atoms with Crippen LogP contribution in [0.4, 0.5) is 11.4 Å². The number of hydrogen-bond acceptors (Lipinski definition) is 6. The van der Waals surface area contributed by atoms with Gasteiger partial charge in [0.1, 0.15) is 0 Å². The van der Waals surface area contributed by atoms with Crippen molar-refractivity contribution in [3.63, 3.8) is 0 Å². The molecule has 0 atom stereocenters. The third-order valence-electron chi connectivity index (χ3n) is 7.25. The Morgan fingerprint density at radius 3 is 2.28 bits per heavy atom. The number of amides is 2. The third-order valence-corrected chi connectivity index (χ3v) is 7.25. The molecule has 0 fully saturated rings. The zero-order valence-electron chi connectivity index (χ0n) is 25.4. The topological polar surface area (TPSA) is 94.8 Å². The number of pyridine rings is 1. The number of rotatable bonds is 14. The number of aromatic nitrogens is 1. The molecule has 0 bridgehead atoms. The maximum Gasteiger partial charge on any atom is 0.255 e. The Bertz CT molecular complexity index is 1480. The maximum absolute atomic E-state index is 13.3. The highest BCUT2D eigenvalue weighted by atomic mass is 16.2. The van der Waals surface area contributed by atoms with E-state index in [0.29, 0.717) is 37.2 Å². The third kappa shape index (κ3) is 8.98. The minimum atomic E-state index is -0.154. The van der Waals surface area contributed by atoms with E-state index in [2.05, 4.69) is 65.5 Å². The van der Waals surface area contributed by atoms with Gasteiger partial charge in [0.25, 0.3) is 11.8 Å². The highest BCUT2D eigenvalue weighted by molar-refractivity contribution is 6.06. The smallest absolute Gasteiger partial charge is 0.255 e. The predicted molar refractivity (Wildman–Crippen MR) is 175 cm³/mol. The van der Waals surface area contributed by atoms with Gasteiger partial charge in [0.05, 0.1) is 16.9 Å². The number of nitrogens with one attached hydrogen (secondary N) is 1. The van der Waals surface area contributed by atoms with Crippen LogP contribution >= 0.6 is 0 Å². The molecule has 0 aliphatic carbocycles. The van der Waals surface area contributed by atoms with Gasteiger partial charge in [-0.2, -0.15) is 0 Å². The lowest BCUT2D eigenvalue weighted by Gasteiger charge is -2.25. The molecular weight excluding hydrogens is 536 g/mol. The van der Waals surface area contributed by atoms with E-state index >= 15 is 0 Å². The Labute approximate surface area is 255 Å². The van der Waals surface area contributed by atoms with E-state index in [-0.39, 0.29) is 11.8 Å². The summed E-state index contributed by atoms with van der Waals surface area (Å²) < 4.78 is 0. The van der Waals surface area contributed by atoms with E-state index in [4.69, 9.17) is 5.73 Å². The number of carbonyl (C=O) groups is 2. The molecule has 2 amide bonds. The molecular formula is C35H42N6O2. The van der Waals surface area contributed by atoms with Crippen LogP contribution in [0.2, 0.25) is 0 Å². The van der Waals surface area contributed by atoms with Gasteiger partial charge < -0.3 is 25.8 Å². The number of hydrogen-bond donors (Lipinski definition) is 2. The SMILES string of the molecule is CN(C)CCCN(C)c1ccc(-c2cccc(CN(CCCN)C(=O)c3cccnc3)c2)cc1NC(=O)c1ccccc1. The van der Waals surface area contributed by atoms with Gasteiger partial charge in [0.15, 0.2) is 0 Å². The van der Waals surface area contributed by atoms with E-state index in [9.17, 15) is 9.59 Å². The first-order valence-corrected chi connectivity index (χ1v) is 14.7. The lowest BCUT2D eigenvalue weighted by molar-refractivity contribution is 0.0741.